The van der Waals surface area contributed by atoms with E-state index in [1.165, 1.54) is 44.9 Å². The van der Waals surface area contributed by atoms with Gasteiger partial charge in [0.25, 0.3) is 0 Å². The van der Waals surface area contributed by atoms with E-state index in [4.69, 9.17) is 9.72 Å². The molecular formula is C26H32BN4O. The summed E-state index contributed by atoms with van der Waals surface area (Å²) >= 11 is 0. The van der Waals surface area contributed by atoms with E-state index < -0.39 is 0 Å². The molecule has 2 fully saturated rings. The van der Waals surface area contributed by atoms with Gasteiger partial charge in [0.2, 0.25) is 0 Å². The van der Waals surface area contributed by atoms with Gasteiger partial charge in [-0.15, -0.1) is 0 Å². The Morgan fingerprint density at radius 2 is 1.94 bits per heavy atom. The molecule has 0 N–H and O–H groups in total. The van der Waals surface area contributed by atoms with Gasteiger partial charge in [-0.25, -0.2) is 4.98 Å². The fraction of sp³-hybridized carbons (Fsp3) is 0.577. The van der Waals surface area contributed by atoms with Crippen molar-refractivity contribution in [2.24, 2.45) is 0 Å². The third-order valence-corrected chi connectivity index (χ3v) is 7.32. The minimum atomic E-state index is 0.247. The van der Waals surface area contributed by atoms with Crippen molar-refractivity contribution in [1.82, 2.24) is 14.5 Å². The van der Waals surface area contributed by atoms with Gasteiger partial charge in [-0.2, -0.15) is 5.26 Å². The highest BCUT2D eigenvalue weighted by atomic mass is 16.5. The first-order valence-corrected chi connectivity index (χ1v) is 12.4. The van der Waals surface area contributed by atoms with E-state index in [0.717, 1.165) is 53.5 Å². The van der Waals surface area contributed by atoms with E-state index in [0.29, 0.717) is 17.4 Å². The van der Waals surface area contributed by atoms with Gasteiger partial charge in [-0.1, -0.05) is 50.8 Å². The molecule has 2 unspecified atom stereocenters. The van der Waals surface area contributed by atoms with Crippen molar-refractivity contribution in [2.45, 2.75) is 89.0 Å². The van der Waals surface area contributed by atoms with Crippen molar-refractivity contribution in [3.63, 3.8) is 0 Å². The number of imidazole rings is 1. The van der Waals surface area contributed by atoms with Crippen LogP contribution in [0, 0.1) is 11.3 Å². The third-order valence-electron chi connectivity index (χ3n) is 7.32. The van der Waals surface area contributed by atoms with Crippen molar-refractivity contribution >= 4 is 29.2 Å². The monoisotopic (exact) mass is 427 g/mol. The molecule has 1 aromatic carbocycles. The quantitative estimate of drug-likeness (QED) is 0.484. The lowest BCUT2D eigenvalue weighted by atomic mass is 9.58. The number of rotatable bonds is 4. The number of hydrogen-bond acceptors (Lipinski definition) is 4. The molecule has 2 aliphatic rings. The van der Waals surface area contributed by atoms with Gasteiger partial charge in [-0.05, 0) is 44.3 Å². The predicted octanol–water partition coefficient (Wildman–Crippen LogP) is 5.93. The molecule has 1 aliphatic heterocycles. The standard InChI is InChI=1S/C26H32BN4O/c1-18-13-21(11-12-32-18)31-25(15-27-20-7-5-3-2-4-6-8-20)30-24-17-29-23-10-9-19(16-28)14-22(23)26(24)31/h9-10,14,17-18,20-21H,2-8,11-13,15H2,1H3. The van der Waals surface area contributed by atoms with Gasteiger partial charge in [0.1, 0.15) is 18.6 Å². The van der Waals surface area contributed by atoms with Gasteiger partial charge in [0, 0.05) is 18.0 Å². The number of pyridine rings is 1. The SMILES string of the molecule is CC1CC(n2c(C[B]C3CCCCCCC3)nc3cnc4ccc(C#N)cc4c32)CCO1. The number of fused-ring (bicyclic) bond motifs is 3. The van der Waals surface area contributed by atoms with Gasteiger partial charge in [-0.3, -0.25) is 4.98 Å². The Kier molecular flexibility index (Phi) is 6.45. The molecule has 2 atom stereocenters. The lowest BCUT2D eigenvalue weighted by molar-refractivity contribution is 0.00635. The van der Waals surface area contributed by atoms with Crippen LogP contribution in [0.3, 0.4) is 0 Å². The molecular weight excluding hydrogens is 395 g/mol. The molecule has 0 spiro atoms. The number of ether oxygens (including phenoxy) is 1. The zero-order valence-corrected chi connectivity index (χ0v) is 19.1. The Hall–Kier alpha value is -2.39. The molecule has 6 heteroatoms. The molecule has 2 aromatic heterocycles. The second kappa shape index (κ2) is 9.62. The van der Waals surface area contributed by atoms with Crippen LogP contribution < -0.4 is 0 Å². The third kappa shape index (κ3) is 4.41. The molecule has 5 rings (SSSR count). The Balaban J connectivity index is 1.55. The summed E-state index contributed by atoms with van der Waals surface area (Å²) in [6.45, 7) is 2.95. The fourth-order valence-corrected chi connectivity index (χ4v) is 5.64. The molecule has 1 radical (unpaired) electrons. The largest absolute Gasteiger partial charge is 0.378 e. The van der Waals surface area contributed by atoms with Crippen molar-refractivity contribution in [1.29, 1.82) is 5.26 Å². The lowest BCUT2D eigenvalue weighted by Crippen LogP contribution is -2.27. The Labute approximate surface area is 191 Å². The van der Waals surface area contributed by atoms with E-state index in [1.54, 1.807) is 0 Å². The summed E-state index contributed by atoms with van der Waals surface area (Å²) in [6, 6.07) is 8.44. The van der Waals surface area contributed by atoms with Crippen LogP contribution in [-0.2, 0) is 11.1 Å². The summed E-state index contributed by atoms with van der Waals surface area (Å²) in [6.07, 6.45) is 14.5. The summed E-state index contributed by atoms with van der Waals surface area (Å²) in [5.74, 6) is 1.83. The zero-order chi connectivity index (χ0) is 21.9. The highest BCUT2D eigenvalue weighted by Gasteiger charge is 2.27. The number of hydrogen-bond donors (Lipinski definition) is 0. The Bertz CT molecular complexity index is 1130. The minimum absolute atomic E-state index is 0.247. The Morgan fingerprint density at radius 1 is 1.12 bits per heavy atom. The van der Waals surface area contributed by atoms with Crippen LogP contribution in [0.1, 0.15) is 82.1 Å². The van der Waals surface area contributed by atoms with Crippen LogP contribution in [-0.4, -0.2) is 34.5 Å². The van der Waals surface area contributed by atoms with Gasteiger partial charge >= 0.3 is 0 Å². The maximum absolute atomic E-state index is 9.48. The smallest absolute Gasteiger partial charge is 0.123 e. The van der Waals surface area contributed by atoms with E-state index in [9.17, 15) is 5.26 Å². The van der Waals surface area contributed by atoms with Crippen LogP contribution in [0.4, 0.5) is 0 Å². The number of nitriles is 1. The molecule has 1 saturated carbocycles. The maximum atomic E-state index is 9.48. The van der Waals surface area contributed by atoms with E-state index in [-0.39, 0.29) is 6.10 Å². The summed E-state index contributed by atoms with van der Waals surface area (Å²) in [5, 5.41) is 10.5. The van der Waals surface area contributed by atoms with Crippen molar-refractivity contribution in [3.8, 4) is 6.07 Å². The first-order chi connectivity index (χ1) is 15.7. The number of nitrogens with zero attached hydrogens (tertiary/aromatic N) is 4. The number of aromatic nitrogens is 3. The van der Waals surface area contributed by atoms with Crippen LogP contribution in [0.25, 0.3) is 21.9 Å². The predicted molar refractivity (Wildman–Crippen MR) is 129 cm³/mol. The molecule has 32 heavy (non-hydrogen) atoms. The molecule has 0 amide bonds. The van der Waals surface area contributed by atoms with Crippen molar-refractivity contribution in [3.05, 3.63) is 35.8 Å². The summed E-state index contributed by atoms with van der Waals surface area (Å²) < 4.78 is 8.34. The summed E-state index contributed by atoms with van der Waals surface area (Å²) in [7, 11) is 2.53. The topological polar surface area (TPSA) is 63.7 Å². The van der Waals surface area contributed by atoms with Crippen molar-refractivity contribution < 1.29 is 4.74 Å². The van der Waals surface area contributed by atoms with E-state index >= 15 is 0 Å². The van der Waals surface area contributed by atoms with E-state index in [2.05, 4.69) is 29.8 Å². The van der Waals surface area contributed by atoms with Crippen LogP contribution in [0.2, 0.25) is 5.82 Å². The average molecular weight is 427 g/mol. The van der Waals surface area contributed by atoms with E-state index in [1.807, 2.05) is 24.4 Å². The first kappa shape index (κ1) is 21.5. The van der Waals surface area contributed by atoms with Crippen LogP contribution in [0.5, 0.6) is 0 Å². The highest BCUT2D eigenvalue weighted by molar-refractivity contribution is 6.37. The highest BCUT2D eigenvalue weighted by Crippen LogP contribution is 2.35. The second-order valence-corrected chi connectivity index (χ2v) is 9.64. The molecule has 1 aliphatic carbocycles. The van der Waals surface area contributed by atoms with Crippen LogP contribution >= 0.6 is 0 Å². The number of benzene rings is 1. The fourth-order valence-electron chi connectivity index (χ4n) is 5.64. The van der Waals surface area contributed by atoms with Crippen LogP contribution in [0.15, 0.2) is 24.4 Å². The van der Waals surface area contributed by atoms with Gasteiger partial charge < -0.3 is 9.30 Å². The molecule has 165 valence electrons. The Morgan fingerprint density at radius 3 is 2.72 bits per heavy atom. The minimum Gasteiger partial charge on any atom is -0.378 e. The van der Waals surface area contributed by atoms with Gasteiger partial charge in [0.15, 0.2) is 0 Å². The normalized spacial score (nSPS) is 23.0. The lowest BCUT2D eigenvalue weighted by Gasteiger charge is -2.30. The molecule has 0 bridgehead atoms. The average Bonchev–Trinajstić information content (AvgIpc) is 3.17. The maximum Gasteiger partial charge on any atom is 0.123 e. The molecule has 5 nitrogen and oxygen atoms in total. The molecule has 3 heterocycles. The first-order valence-electron chi connectivity index (χ1n) is 12.4. The summed E-state index contributed by atoms with van der Waals surface area (Å²) in [5.41, 5.74) is 3.66. The van der Waals surface area contributed by atoms with Gasteiger partial charge in [0.05, 0.1) is 35.0 Å². The molecule has 3 aromatic rings. The second-order valence-electron chi connectivity index (χ2n) is 9.64. The summed E-state index contributed by atoms with van der Waals surface area (Å²) in [4.78, 5) is 9.74. The van der Waals surface area contributed by atoms with Crippen molar-refractivity contribution in [2.75, 3.05) is 6.61 Å². The zero-order valence-electron chi connectivity index (χ0n) is 19.1. The molecule has 1 saturated heterocycles.